The Labute approximate surface area is 107 Å². The van der Waals surface area contributed by atoms with E-state index in [9.17, 15) is 8.42 Å². The van der Waals surface area contributed by atoms with Crippen molar-refractivity contribution in [3.05, 3.63) is 12.3 Å². The fourth-order valence-electron chi connectivity index (χ4n) is 2.19. The van der Waals surface area contributed by atoms with Gasteiger partial charge in [-0.05, 0) is 12.8 Å². The van der Waals surface area contributed by atoms with Crippen LogP contribution in [-0.4, -0.2) is 41.6 Å². The molecule has 1 aliphatic rings. The number of aryl methyl sites for hydroxylation is 1. The van der Waals surface area contributed by atoms with Gasteiger partial charge in [-0.1, -0.05) is 6.42 Å². The minimum Gasteiger partial charge on any atom is -0.329 e. The van der Waals surface area contributed by atoms with Gasteiger partial charge in [0.1, 0.15) is 0 Å². The summed E-state index contributed by atoms with van der Waals surface area (Å²) in [7, 11) is -1.82. The molecule has 1 aromatic rings. The number of piperidine rings is 1. The standard InChI is InChI=1S/C10H19N5O2S/c1-14-7-5-10(12-14)13-18(16,17)15-6-3-2-4-9(15)8-11/h5,7,9H,2-4,6,8,11H2,1H3,(H,12,13). The lowest BCUT2D eigenvalue weighted by atomic mass is 10.1. The minimum atomic E-state index is -3.56. The normalized spacial score (nSPS) is 22.0. The predicted molar refractivity (Wildman–Crippen MR) is 69.1 cm³/mol. The van der Waals surface area contributed by atoms with Gasteiger partial charge in [-0.15, -0.1) is 0 Å². The van der Waals surface area contributed by atoms with Crippen molar-refractivity contribution in [3.63, 3.8) is 0 Å². The maximum atomic E-state index is 12.2. The molecule has 0 amide bonds. The van der Waals surface area contributed by atoms with Crippen LogP contribution in [0.3, 0.4) is 0 Å². The van der Waals surface area contributed by atoms with E-state index in [0.717, 1.165) is 19.3 Å². The molecule has 0 aromatic carbocycles. The first-order valence-corrected chi connectivity index (χ1v) is 7.46. The molecule has 2 rings (SSSR count). The molecule has 0 aliphatic carbocycles. The van der Waals surface area contributed by atoms with Crippen molar-refractivity contribution in [1.29, 1.82) is 0 Å². The van der Waals surface area contributed by atoms with Crippen LogP contribution in [0.15, 0.2) is 12.3 Å². The first-order valence-electron chi connectivity index (χ1n) is 6.02. The van der Waals surface area contributed by atoms with Gasteiger partial charge in [0.2, 0.25) is 0 Å². The lowest BCUT2D eigenvalue weighted by molar-refractivity contribution is 0.259. The Kier molecular flexibility index (Phi) is 3.88. The molecular formula is C10H19N5O2S. The zero-order valence-corrected chi connectivity index (χ0v) is 11.2. The molecule has 3 N–H and O–H groups in total. The van der Waals surface area contributed by atoms with Crippen LogP contribution < -0.4 is 10.5 Å². The molecule has 1 unspecified atom stereocenters. The molecule has 1 fully saturated rings. The molecule has 1 aromatic heterocycles. The Bertz CT molecular complexity index is 498. The zero-order valence-electron chi connectivity index (χ0n) is 10.4. The van der Waals surface area contributed by atoms with Gasteiger partial charge in [0.25, 0.3) is 0 Å². The number of nitrogens with one attached hydrogen (secondary N) is 1. The number of nitrogens with zero attached hydrogens (tertiary/aromatic N) is 3. The molecule has 18 heavy (non-hydrogen) atoms. The van der Waals surface area contributed by atoms with E-state index in [2.05, 4.69) is 9.82 Å². The van der Waals surface area contributed by atoms with E-state index in [1.807, 2.05) is 0 Å². The lowest BCUT2D eigenvalue weighted by Crippen LogP contribution is -2.49. The fraction of sp³-hybridized carbons (Fsp3) is 0.700. The highest BCUT2D eigenvalue weighted by atomic mass is 32.2. The van der Waals surface area contributed by atoms with Crippen molar-refractivity contribution in [1.82, 2.24) is 14.1 Å². The van der Waals surface area contributed by atoms with Gasteiger partial charge in [0.15, 0.2) is 5.82 Å². The van der Waals surface area contributed by atoms with Crippen molar-refractivity contribution in [2.24, 2.45) is 12.8 Å². The average Bonchev–Trinajstić information content (AvgIpc) is 2.74. The van der Waals surface area contributed by atoms with E-state index in [1.165, 1.54) is 4.31 Å². The number of hydrogen-bond acceptors (Lipinski definition) is 4. The second-order valence-electron chi connectivity index (χ2n) is 4.48. The number of aromatic nitrogens is 2. The minimum absolute atomic E-state index is 0.111. The summed E-state index contributed by atoms with van der Waals surface area (Å²) in [6, 6.07) is 1.51. The van der Waals surface area contributed by atoms with E-state index in [-0.39, 0.29) is 6.04 Å². The summed E-state index contributed by atoms with van der Waals surface area (Å²) in [6.07, 6.45) is 4.41. The summed E-state index contributed by atoms with van der Waals surface area (Å²) in [4.78, 5) is 0. The summed E-state index contributed by atoms with van der Waals surface area (Å²) in [5.74, 6) is 0.332. The second-order valence-corrected chi connectivity index (χ2v) is 6.10. The number of nitrogens with two attached hydrogens (primary N) is 1. The third-order valence-corrected chi connectivity index (χ3v) is 4.67. The van der Waals surface area contributed by atoms with Gasteiger partial charge >= 0.3 is 10.2 Å². The van der Waals surface area contributed by atoms with E-state index in [1.54, 1.807) is 24.0 Å². The summed E-state index contributed by atoms with van der Waals surface area (Å²) in [5.41, 5.74) is 5.63. The number of rotatable bonds is 4. The molecule has 2 heterocycles. The van der Waals surface area contributed by atoms with E-state index >= 15 is 0 Å². The van der Waals surface area contributed by atoms with Crippen molar-refractivity contribution in [2.45, 2.75) is 25.3 Å². The van der Waals surface area contributed by atoms with Gasteiger partial charge in [0.05, 0.1) is 0 Å². The molecule has 1 saturated heterocycles. The quantitative estimate of drug-likeness (QED) is 0.800. The van der Waals surface area contributed by atoms with Crippen LogP contribution in [0.5, 0.6) is 0 Å². The van der Waals surface area contributed by atoms with E-state index in [4.69, 9.17) is 5.73 Å². The van der Waals surface area contributed by atoms with Crippen LogP contribution in [0, 0.1) is 0 Å². The van der Waals surface area contributed by atoms with Gasteiger partial charge in [-0.3, -0.25) is 9.40 Å². The van der Waals surface area contributed by atoms with E-state index in [0.29, 0.717) is 18.9 Å². The molecular weight excluding hydrogens is 254 g/mol. The van der Waals surface area contributed by atoms with Crippen LogP contribution in [-0.2, 0) is 17.3 Å². The fourth-order valence-corrected chi connectivity index (χ4v) is 3.63. The van der Waals surface area contributed by atoms with Crippen LogP contribution in [0.2, 0.25) is 0 Å². The third kappa shape index (κ3) is 2.82. The van der Waals surface area contributed by atoms with Crippen LogP contribution in [0.4, 0.5) is 5.82 Å². The van der Waals surface area contributed by atoms with Gasteiger partial charge in [0, 0.05) is 38.4 Å². The summed E-state index contributed by atoms with van der Waals surface area (Å²) in [6.45, 7) is 0.868. The molecule has 0 saturated carbocycles. The molecule has 8 heteroatoms. The lowest BCUT2D eigenvalue weighted by Gasteiger charge is -2.33. The smallest absolute Gasteiger partial charge is 0.303 e. The van der Waals surface area contributed by atoms with Crippen LogP contribution in [0.25, 0.3) is 0 Å². The Hall–Kier alpha value is -1.12. The van der Waals surface area contributed by atoms with Crippen molar-refractivity contribution >= 4 is 16.0 Å². The Morgan fingerprint density at radius 1 is 1.56 bits per heavy atom. The number of hydrogen-bond donors (Lipinski definition) is 2. The summed E-state index contributed by atoms with van der Waals surface area (Å²) in [5, 5.41) is 4.01. The van der Waals surface area contributed by atoms with Gasteiger partial charge in [-0.2, -0.15) is 17.8 Å². The maximum Gasteiger partial charge on any atom is 0.303 e. The topological polar surface area (TPSA) is 93.2 Å². The first-order chi connectivity index (χ1) is 8.53. The maximum absolute atomic E-state index is 12.2. The van der Waals surface area contributed by atoms with Crippen molar-refractivity contribution in [3.8, 4) is 0 Å². The molecule has 1 aliphatic heterocycles. The molecule has 0 spiro atoms. The van der Waals surface area contributed by atoms with E-state index < -0.39 is 10.2 Å². The van der Waals surface area contributed by atoms with Crippen LogP contribution >= 0.6 is 0 Å². The molecule has 0 bridgehead atoms. The van der Waals surface area contributed by atoms with Gasteiger partial charge in [-0.25, -0.2) is 0 Å². The van der Waals surface area contributed by atoms with Gasteiger partial charge < -0.3 is 5.73 Å². The Morgan fingerprint density at radius 2 is 2.33 bits per heavy atom. The largest absolute Gasteiger partial charge is 0.329 e. The highest BCUT2D eigenvalue weighted by Crippen LogP contribution is 2.20. The molecule has 7 nitrogen and oxygen atoms in total. The number of anilines is 1. The Morgan fingerprint density at radius 3 is 2.94 bits per heavy atom. The molecule has 0 radical (unpaired) electrons. The average molecular weight is 273 g/mol. The second kappa shape index (κ2) is 5.25. The highest BCUT2D eigenvalue weighted by Gasteiger charge is 2.31. The monoisotopic (exact) mass is 273 g/mol. The van der Waals surface area contributed by atoms with Crippen molar-refractivity contribution in [2.75, 3.05) is 17.8 Å². The molecule has 102 valence electrons. The Balaban J connectivity index is 2.14. The highest BCUT2D eigenvalue weighted by molar-refractivity contribution is 7.90. The predicted octanol–water partition coefficient (Wildman–Crippen LogP) is -0.110. The zero-order chi connectivity index (χ0) is 13.2. The van der Waals surface area contributed by atoms with Crippen LogP contribution in [0.1, 0.15) is 19.3 Å². The SMILES string of the molecule is Cn1ccc(NS(=O)(=O)N2CCCCC2CN)n1. The summed E-state index contributed by atoms with van der Waals surface area (Å²) < 4.78 is 30.0. The van der Waals surface area contributed by atoms with Crippen molar-refractivity contribution < 1.29 is 8.42 Å². The summed E-state index contributed by atoms with van der Waals surface area (Å²) >= 11 is 0. The third-order valence-electron chi connectivity index (χ3n) is 3.10. The molecule has 1 atom stereocenters. The first kappa shape index (κ1) is 13.3.